The molecule has 0 atom stereocenters. The zero-order valence-electron chi connectivity index (χ0n) is 34.6. The summed E-state index contributed by atoms with van der Waals surface area (Å²) in [5, 5.41) is 8.28. The van der Waals surface area contributed by atoms with Crippen LogP contribution in [0.5, 0.6) is 0 Å². The average Bonchev–Trinajstić information content (AvgIpc) is 4.13. The third kappa shape index (κ3) is 4.83. The smallest absolute Gasteiger partial charge is 0.143 e. The van der Waals surface area contributed by atoms with Crippen molar-refractivity contribution < 1.29 is 4.42 Å². The Kier molecular flexibility index (Phi) is 7.02. The molecule has 63 heavy (non-hydrogen) atoms. The van der Waals surface area contributed by atoms with Crippen LogP contribution in [0.1, 0.15) is 25.0 Å². The van der Waals surface area contributed by atoms with E-state index in [0.29, 0.717) is 0 Å². The van der Waals surface area contributed by atoms with Crippen molar-refractivity contribution in [2.75, 3.05) is 4.90 Å². The highest BCUT2D eigenvalue weighted by molar-refractivity contribution is 7.22. The second kappa shape index (κ2) is 12.7. The molecule has 14 rings (SSSR count). The van der Waals surface area contributed by atoms with Gasteiger partial charge in [0.25, 0.3) is 0 Å². The van der Waals surface area contributed by atoms with E-state index in [1.807, 2.05) is 6.07 Å². The number of rotatable bonds is 5. The number of furan rings is 1. The van der Waals surface area contributed by atoms with Gasteiger partial charge in [0.15, 0.2) is 0 Å². The number of benzene rings is 9. The van der Waals surface area contributed by atoms with Gasteiger partial charge in [-0.3, -0.25) is 0 Å². The quantitative estimate of drug-likeness (QED) is 0.173. The fourth-order valence-electron chi connectivity index (χ4n) is 10.8. The summed E-state index contributed by atoms with van der Waals surface area (Å²) < 4.78 is 10.2. The third-order valence-electron chi connectivity index (χ3n) is 13.7. The van der Waals surface area contributed by atoms with E-state index in [1.165, 1.54) is 65.0 Å². The van der Waals surface area contributed by atoms with Crippen LogP contribution >= 0.6 is 11.3 Å². The first-order chi connectivity index (χ1) is 31.0. The summed E-state index contributed by atoms with van der Waals surface area (Å²) in [5.74, 6) is 0. The second-order valence-corrected chi connectivity index (χ2v) is 18.5. The summed E-state index contributed by atoms with van der Waals surface area (Å²) in [7, 11) is 0. The highest BCUT2D eigenvalue weighted by Crippen LogP contribution is 2.52. The van der Waals surface area contributed by atoms with Gasteiger partial charge in [0.1, 0.15) is 16.2 Å². The number of anilines is 3. The Morgan fingerprint density at radius 2 is 1.19 bits per heavy atom. The van der Waals surface area contributed by atoms with Gasteiger partial charge in [-0.15, -0.1) is 11.3 Å². The molecule has 13 aromatic rings. The van der Waals surface area contributed by atoms with E-state index >= 15 is 0 Å². The van der Waals surface area contributed by atoms with E-state index in [9.17, 15) is 0 Å². The van der Waals surface area contributed by atoms with Gasteiger partial charge < -0.3 is 13.7 Å². The second-order valence-electron chi connectivity index (χ2n) is 17.5. The monoisotopic (exact) mass is 823 g/mol. The normalized spacial score (nSPS) is 13.4. The third-order valence-corrected chi connectivity index (χ3v) is 14.9. The van der Waals surface area contributed by atoms with E-state index in [-0.39, 0.29) is 5.41 Å². The van der Waals surface area contributed by atoms with E-state index in [1.54, 1.807) is 11.3 Å². The standard InChI is InChI=1S/C58H37N3OS/c1-58(2)47-20-9-6-15-40(47)41-29-27-38(32-48(41)58)60(36-25-23-34(24-26-36)39-18-12-19-44-43-17-8-11-22-52(43)62-55(39)44)37-28-30-51-46(31-37)53-54-45(42-16-7-10-21-50(42)61(51)54)33-49-56(53)63-57(59-49)35-13-4-3-5-14-35/h3-33H,1-2H3. The summed E-state index contributed by atoms with van der Waals surface area (Å²) >= 11 is 1.79. The van der Waals surface area contributed by atoms with Crippen molar-refractivity contribution in [3.8, 4) is 32.8 Å². The molecular weight excluding hydrogens is 787 g/mol. The molecule has 0 spiro atoms. The predicted molar refractivity (Wildman–Crippen MR) is 265 cm³/mol. The Balaban J connectivity index is 1.00. The Bertz CT molecular complexity index is 4000. The highest BCUT2D eigenvalue weighted by atomic mass is 32.1. The Morgan fingerprint density at radius 3 is 2.08 bits per heavy atom. The molecule has 0 bridgehead atoms. The van der Waals surface area contributed by atoms with Crippen LogP contribution in [0.2, 0.25) is 0 Å². The highest BCUT2D eigenvalue weighted by Gasteiger charge is 2.36. The van der Waals surface area contributed by atoms with Crippen molar-refractivity contribution in [3.05, 3.63) is 199 Å². The van der Waals surface area contributed by atoms with Crippen molar-refractivity contribution in [3.63, 3.8) is 0 Å². The summed E-state index contributed by atoms with van der Waals surface area (Å²) in [4.78, 5) is 7.74. The molecule has 0 saturated carbocycles. The summed E-state index contributed by atoms with van der Waals surface area (Å²) in [5.41, 5.74) is 18.4. The first-order valence-electron chi connectivity index (χ1n) is 21.6. The van der Waals surface area contributed by atoms with Gasteiger partial charge in [-0.1, -0.05) is 141 Å². The van der Waals surface area contributed by atoms with Crippen LogP contribution in [0.15, 0.2) is 192 Å². The van der Waals surface area contributed by atoms with Gasteiger partial charge in [-0.2, -0.15) is 0 Å². The predicted octanol–water partition coefficient (Wildman–Crippen LogP) is 16.5. The lowest BCUT2D eigenvalue weighted by Gasteiger charge is -2.28. The van der Waals surface area contributed by atoms with Crippen LogP contribution in [0.25, 0.3) is 103 Å². The number of hydrogen-bond acceptors (Lipinski definition) is 4. The molecule has 9 aromatic carbocycles. The van der Waals surface area contributed by atoms with Gasteiger partial charge in [-0.05, 0) is 88.5 Å². The zero-order chi connectivity index (χ0) is 41.6. The lowest BCUT2D eigenvalue weighted by atomic mass is 9.82. The molecule has 4 heterocycles. The number of fused-ring (bicyclic) bond motifs is 14. The van der Waals surface area contributed by atoms with Gasteiger partial charge in [-0.25, -0.2) is 4.98 Å². The van der Waals surface area contributed by atoms with E-state index < -0.39 is 0 Å². The lowest BCUT2D eigenvalue weighted by molar-refractivity contribution is 0.660. The Hall–Kier alpha value is -7.73. The number of nitrogens with zero attached hydrogens (tertiary/aromatic N) is 3. The van der Waals surface area contributed by atoms with Crippen LogP contribution in [0.3, 0.4) is 0 Å². The molecule has 1 aliphatic carbocycles. The fraction of sp³-hybridized carbons (Fsp3) is 0.0517. The van der Waals surface area contributed by atoms with Crippen molar-refractivity contribution in [2.45, 2.75) is 19.3 Å². The molecule has 0 fully saturated rings. The minimum absolute atomic E-state index is 0.144. The molecule has 4 aromatic heterocycles. The molecule has 0 N–H and O–H groups in total. The maximum absolute atomic E-state index is 6.50. The number of hydrogen-bond donors (Lipinski definition) is 0. The molecule has 0 unspecified atom stereocenters. The maximum atomic E-state index is 6.50. The zero-order valence-corrected chi connectivity index (χ0v) is 35.4. The van der Waals surface area contributed by atoms with Crippen molar-refractivity contribution in [1.82, 2.24) is 9.38 Å². The minimum Gasteiger partial charge on any atom is -0.455 e. The molecule has 4 nitrogen and oxygen atoms in total. The molecule has 0 saturated heterocycles. The number of thiazole rings is 1. The topological polar surface area (TPSA) is 33.7 Å². The maximum Gasteiger partial charge on any atom is 0.143 e. The van der Waals surface area contributed by atoms with E-state index in [2.05, 4.69) is 205 Å². The molecule has 296 valence electrons. The Labute approximate surface area is 366 Å². The molecule has 0 radical (unpaired) electrons. The molecule has 5 heteroatoms. The van der Waals surface area contributed by atoms with Gasteiger partial charge in [0.2, 0.25) is 0 Å². The van der Waals surface area contributed by atoms with Gasteiger partial charge in [0.05, 0.1) is 26.8 Å². The molecule has 0 amide bonds. The first kappa shape index (κ1) is 34.9. The average molecular weight is 824 g/mol. The van der Waals surface area contributed by atoms with Crippen LogP contribution in [-0.4, -0.2) is 9.38 Å². The van der Waals surface area contributed by atoms with Crippen molar-refractivity contribution in [2.24, 2.45) is 0 Å². The fourth-order valence-corrected chi connectivity index (χ4v) is 11.9. The van der Waals surface area contributed by atoms with Gasteiger partial charge in [0, 0.05) is 65.9 Å². The summed E-state index contributed by atoms with van der Waals surface area (Å²) in [6.45, 7) is 4.72. The van der Waals surface area contributed by atoms with E-state index in [0.717, 1.165) is 66.2 Å². The largest absolute Gasteiger partial charge is 0.455 e. The van der Waals surface area contributed by atoms with E-state index in [4.69, 9.17) is 9.40 Å². The molecule has 0 aliphatic heterocycles. The first-order valence-corrected chi connectivity index (χ1v) is 22.4. The van der Waals surface area contributed by atoms with Crippen LogP contribution < -0.4 is 4.90 Å². The summed E-state index contributed by atoms with van der Waals surface area (Å²) in [6.07, 6.45) is 0. The lowest BCUT2D eigenvalue weighted by Crippen LogP contribution is -2.16. The number of para-hydroxylation sites is 3. The Morgan fingerprint density at radius 1 is 0.508 bits per heavy atom. The van der Waals surface area contributed by atoms with Crippen LogP contribution in [0.4, 0.5) is 17.1 Å². The summed E-state index contributed by atoms with van der Waals surface area (Å²) in [6, 6.07) is 68.5. The van der Waals surface area contributed by atoms with Crippen LogP contribution in [-0.2, 0) is 5.41 Å². The SMILES string of the molecule is CC1(C)c2ccccc2-c2ccc(N(c3ccc(-c4cccc5c4oc4ccccc45)cc3)c3ccc4c(c3)c3c5sc(-c6ccccc6)nc5cc5c6ccccc6n4c53)cc21. The van der Waals surface area contributed by atoms with Crippen molar-refractivity contribution in [1.29, 1.82) is 0 Å². The van der Waals surface area contributed by atoms with Crippen LogP contribution in [0, 0.1) is 0 Å². The number of aromatic nitrogens is 2. The minimum atomic E-state index is -0.144. The van der Waals surface area contributed by atoms with Crippen molar-refractivity contribution >= 4 is 98.6 Å². The molecule has 1 aliphatic rings. The molecular formula is C58H37N3OS. The van der Waals surface area contributed by atoms with Gasteiger partial charge >= 0.3 is 0 Å².